The Morgan fingerprint density at radius 2 is 1.43 bits per heavy atom. The molecule has 2 aromatic carbocycles. The van der Waals surface area contributed by atoms with Gasteiger partial charge in [0.1, 0.15) is 11.5 Å². The topological polar surface area (TPSA) is 104 Å². The zero-order valence-corrected chi connectivity index (χ0v) is 18.6. The van der Waals surface area contributed by atoms with Crippen LogP contribution in [0.25, 0.3) is 0 Å². The first-order valence-electron chi connectivity index (χ1n) is 10.0. The van der Waals surface area contributed by atoms with Gasteiger partial charge < -0.3 is 10.2 Å². The number of phenolic OH excluding ortho intramolecular Hbond substituents is 2. The van der Waals surface area contributed by atoms with Gasteiger partial charge in [0.15, 0.2) is 0 Å². The van der Waals surface area contributed by atoms with Gasteiger partial charge in [-0.1, -0.05) is 65.8 Å². The third-order valence-corrected chi connectivity index (χ3v) is 5.04. The highest BCUT2D eigenvalue weighted by Gasteiger charge is 2.27. The van der Waals surface area contributed by atoms with E-state index < -0.39 is 11.8 Å². The predicted octanol–water partition coefficient (Wildman–Crippen LogP) is 4.17. The van der Waals surface area contributed by atoms with Crippen molar-refractivity contribution in [1.82, 2.24) is 5.01 Å². The average Bonchev–Trinajstić information content (AvgIpc) is 2.64. The van der Waals surface area contributed by atoms with Crippen molar-refractivity contribution in [3.8, 4) is 11.5 Å². The van der Waals surface area contributed by atoms with E-state index in [1.165, 1.54) is 12.1 Å². The summed E-state index contributed by atoms with van der Waals surface area (Å²) < 4.78 is 0. The van der Waals surface area contributed by atoms with E-state index in [1.807, 2.05) is 53.7 Å². The van der Waals surface area contributed by atoms with Crippen molar-refractivity contribution in [2.75, 3.05) is 0 Å². The van der Waals surface area contributed by atoms with Gasteiger partial charge in [0, 0.05) is 6.42 Å². The molecule has 162 valence electrons. The molecule has 4 N–H and O–H groups in total. The summed E-state index contributed by atoms with van der Waals surface area (Å²) in [5.41, 5.74) is 1.94. The lowest BCUT2D eigenvalue weighted by Gasteiger charge is -2.28. The molecular weight excluding hydrogens is 380 g/mol. The number of rotatable bonds is 4. The monoisotopic (exact) mass is 412 g/mol. The molecule has 0 unspecified atom stereocenters. The first kappa shape index (κ1) is 23.4. The first-order valence-corrected chi connectivity index (χ1v) is 10.0. The maximum Gasteiger partial charge on any atom is 0.278 e. The highest BCUT2D eigenvalue weighted by atomic mass is 16.3. The quantitative estimate of drug-likeness (QED) is 0.397. The molecule has 0 aromatic heterocycles. The third kappa shape index (κ3) is 5.19. The zero-order chi connectivity index (χ0) is 22.9. The number of imide groups is 1. The second-order valence-corrected chi connectivity index (χ2v) is 9.63. The Balaban J connectivity index is 2.25. The van der Waals surface area contributed by atoms with Crippen LogP contribution in [0.15, 0.2) is 36.4 Å². The number of nitrogens with two attached hydrogens (primary N) is 1. The van der Waals surface area contributed by atoms with E-state index in [4.69, 9.17) is 5.84 Å². The zero-order valence-electron chi connectivity index (χ0n) is 18.6. The molecule has 6 nitrogen and oxygen atoms in total. The van der Waals surface area contributed by atoms with Crippen LogP contribution < -0.4 is 5.84 Å². The number of hydrazine groups is 1. The number of phenols is 2. The van der Waals surface area contributed by atoms with Gasteiger partial charge in [-0.15, -0.1) is 0 Å². The molecule has 0 atom stereocenters. The fourth-order valence-corrected chi connectivity index (χ4v) is 3.25. The van der Waals surface area contributed by atoms with Gasteiger partial charge in [-0.3, -0.25) is 9.59 Å². The molecule has 0 aliphatic carbocycles. The van der Waals surface area contributed by atoms with E-state index in [0.29, 0.717) is 11.4 Å². The summed E-state index contributed by atoms with van der Waals surface area (Å²) in [5, 5.41) is 21.2. The van der Waals surface area contributed by atoms with E-state index in [2.05, 4.69) is 0 Å². The first-order chi connectivity index (χ1) is 13.7. The average molecular weight is 413 g/mol. The van der Waals surface area contributed by atoms with E-state index >= 15 is 0 Å². The number of aryl methyl sites for hydroxylation is 1. The number of carbonyl (C=O) groups is 2. The summed E-state index contributed by atoms with van der Waals surface area (Å²) in [7, 11) is 0. The number of aromatic hydroxyl groups is 2. The standard InChI is InChI=1S/C24H32N2O4/c1-23(2,3)17-13-15(14-18(21(17)29)24(4,5)6)11-12-20(28)26(25)22(30)16-9-7-8-10-19(16)27/h7-10,13-14,27,29H,11-12,25H2,1-6H3. The summed E-state index contributed by atoms with van der Waals surface area (Å²) in [6.07, 6.45) is 0.390. The number of hydrogen-bond donors (Lipinski definition) is 3. The number of carbonyl (C=O) groups excluding carboxylic acids is 2. The molecule has 2 aromatic rings. The van der Waals surface area contributed by atoms with Crippen molar-refractivity contribution in [3.05, 3.63) is 58.7 Å². The molecule has 0 bridgehead atoms. The lowest BCUT2D eigenvalue weighted by atomic mass is 9.78. The number of benzene rings is 2. The van der Waals surface area contributed by atoms with Crippen molar-refractivity contribution in [2.24, 2.45) is 5.84 Å². The van der Waals surface area contributed by atoms with E-state index in [9.17, 15) is 19.8 Å². The van der Waals surface area contributed by atoms with Crippen LogP contribution in [0.5, 0.6) is 11.5 Å². The Hall–Kier alpha value is -2.86. The Bertz CT molecular complexity index is 917. The molecule has 0 saturated carbocycles. The number of nitrogens with zero attached hydrogens (tertiary/aromatic N) is 1. The molecule has 6 heteroatoms. The van der Waals surface area contributed by atoms with Gasteiger partial charge in [0.05, 0.1) is 5.56 Å². The second kappa shape index (κ2) is 8.48. The highest BCUT2D eigenvalue weighted by Crippen LogP contribution is 2.40. The molecule has 0 aliphatic rings. The lowest BCUT2D eigenvalue weighted by molar-refractivity contribution is -0.128. The smallest absolute Gasteiger partial charge is 0.278 e. The lowest BCUT2D eigenvalue weighted by Crippen LogP contribution is -2.42. The van der Waals surface area contributed by atoms with Crippen LogP contribution in [0.2, 0.25) is 0 Å². The van der Waals surface area contributed by atoms with Crippen molar-refractivity contribution in [1.29, 1.82) is 0 Å². The van der Waals surface area contributed by atoms with Crippen molar-refractivity contribution in [2.45, 2.75) is 65.2 Å². The molecule has 0 fully saturated rings. The predicted molar refractivity (Wildman–Crippen MR) is 117 cm³/mol. The molecule has 2 rings (SSSR count). The van der Waals surface area contributed by atoms with Crippen LogP contribution in [0.1, 0.15) is 75.0 Å². The molecule has 30 heavy (non-hydrogen) atoms. The summed E-state index contributed by atoms with van der Waals surface area (Å²) in [5.74, 6) is 4.48. The molecule has 2 amide bonds. The Labute approximate surface area is 178 Å². The number of amides is 2. The van der Waals surface area contributed by atoms with Gasteiger partial charge in [-0.25, -0.2) is 10.9 Å². The SMILES string of the molecule is CC(C)(C)c1cc(CCC(=O)N(N)C(=O)c2ccccc2O)cc(C(C)(C)C)c1O. The van der Waals surface area contributed by atoms with Crippen LogP contribution in [0.4, 0.5) is 0 Å². The van der Waals surface area contributed by atoms with Gasteiger partial charge >= 0.3 is 0 Å². The minimum absolute atomic E-state index is 0.0216. The molecule has 0 heterocycles. The Kier molecular flexibility index (Phi) is 6.62. The normalized spacial score (nSPS) is 12.0. The van der Waals surface area contributed by atoms with Gasteiger partial charge in [0.2, 0.25) is 5.91 Å². The van der Waals surface area contributed by atoms with Crippen molar-refractivity contribution < 1.29 is 19.8 Å². The Morgan fingerprint density at radius 1 is 0.933 bits per heavy atom. The number of hydrogen-bond acceptors (Lipinski definition) is 5. The van der Waals surface area contributed by atoms with Crippen LogP contribution in [-0.4, -0.2) is 27.0 Å². The highest BCUT2D eigenvalue weighted by molar-refractivity contribution is 6.05. The number of para-hydroxylation sites is 1. The summed E-state index contributed by atoms with van der Waals surface area (Å²) in [4.78, 5) is 24.9. The molecule has 0 saturated heterocycles. The summed E-state index contributed by atoms with van der Waals surface area (Å²) in [6.45, 7) is 12.1. The fourth-order valence-electron chi connectivity index (χ4n) is 3.25. The summed E-state index contributed by atoms with van der Waals surface area (Å²) in [6, 6.07) is 9.76. The van der Waals surface area contributed by atoms with Gasteiger partial charge in [-0.2, -0.15) is 0 Å². The van der Waals surface area contributed by atoms with Gasteiger partial charge in [-0.05, 0) is 46.1 Å². The van der Waals surface area contributed by atoms with Crippen LogP contribution in [0.3, 0.4) is 0 Å². The minimum atomic E-state index is -0.755. The maximum absolute atomic E-state index is 12.5. The van der Waals surface area contributed by atoms with E-state index in [1.54, 1.807) is 12.1 Å². The van der Waals surface area contributed by atoms with Crippen LogP contribution in [-0.2, 0) is 22.0 Å². The van der Waals surface area contributed by atoms with E-state index in [0.717, 1.165) is 16.7 Å². The van der Waals surface area contributed by atoms with Crippen molar-refractivity contribution >= 4 is 11.8 Å². The van der Waals surface area contributed by atoms with Gasteiger partial charge in [0.25, 0.3) is 5.91 Å². The maximum atomic E-state index is 12.5. The van der Waals surface area contributed by atoms with Crippen molar-refractivity contribution in [3.63, 3.8) is 0 Å². The molecule has 0 radical (unpaired) electrons. The molecule has 0 spiro atoms. The third-order valence-electron chi connectivity index (χ3n) is 5.04. The second-order valence-electron chi connectivity index (χ2n) is 9.63. The fraction of sp³-hybridized carbons (Fsp3) is 0.417. The Morgan fingerprint density at radius 3 is 1.90 bits per heavy atom. The molecule has 0 aliphatic heterocycles. The largest absolute Gasteiger partial charge is 0.507 e. The van der Waals surface area contributed by atoms with Crippen LogP contribution in [0, 0.1) is 0 Å². The summed E-state index contributed by atoms with van der Waals surface area (Å²) >= 11 is 0. The molecular formula is C24H32N2O4. The van der Waals surface area contributed by atoms with Crippen LogP contribution >= 0.6 is 0 Å². The van der Waals surface area contributed by atoms with E-state index in [-0.39, 0.29) is 34.3 Å². The minimum Gasteiger partial charge on any atom is -0.507 e.